The first-order chi connectivity index (χ1) is 9.68. The van der Waals surface area contributed by atoms with Gasteiger partial charge in [-0.25, -0.2) is 0 Å². The zero-order valence-electron chi connectivity index (χ0n) is 12.6. The lowest BCUT2D eigenvalue weighted by atomic mass is 9.78. The molecule has 0 aliphatic carbocycles. The van der Waals surface area contributed by atoms with Crippen LogP contribution in [0, 0.1) is 5.92 Å². The maximum atomic E-state index is 11.0. The second-order valence-electron chi connectivity index (χ2n) is 6.12. The number of hydrogen-bond acceptors (Lipinski definition) is 3. The van der Waals surface area contributed by atoms with Gasteiger partial charge in [0.05, 0.1) is 5.60 Å². The number of benzene rings is 1. The fourth-order valence-corrected chi connectivity index (χ4v) is 3.42. The van der Waals surface area contributed by atoms with Gasteiger partial charge in [0.15, 0.2) is 0 Å². The molecule has 0 radical (unpaired) electrons. The molecule has 2 unspecified atom stereocenters. The predicted octanol–water partition coefficient (Wildman–Crippen LogP) is 2.39. The van der Waals surface area contributed by atoms with Crippen LogP contribution in [0.3, 0.4) is 0 Å². The minimum atomic E-state index is -0.599. The Bertz CT molecular complexity index is 395. The van der Waals surface area contributed by atoms with E-state index in [9.17, 15) is 5.11 Å². The average molecular weight is 276 g/mol. The molecule has 2 atom stereocenters. The summed E-state index contributed by atoms with van der Waals surface area (Å²) in [5.41, 5.74) is 6.61. The van der Waals surface area contributed by atoms with Crippen LogP contribution in [-0.4, -0.2) is 35.2 Å². The van der Waals surface area contributed by atoms with Crippen molar-refractivity contribution in [2.45, 2.75) is 44.8 Å². The van der Waals surface area contributed by atoms with Crippen LogP contribution in [0.2, 0.25) is 0 Å². The first-order valence-corrected chi connectivity index (χ1v) is 7.86. The van der Waals surface area contributed by atoms with Gasteiger partial charge in [-0.3, -0.25) is 4.90 Å². The number of hydrogen-bond donors (Lipinski definition) is 2. The average Bonchev–Trinajstić information content (AvgIpc) is 2.45. The highest BCUT2D eigenvalue weighted by molar-refractivity contribution is 5.14. The van der Waals surface area contributed by atoms with Gasteiger partial charge in [0, 0.05) is 19.0 Å². The largest absolute Gasteiger partial charge is 0.388 e. The summed E-state index contributed by atoms with van der Waals surface area (Å²) in [6.45, 7) is 5.50. The third-order valence-corrected chi connectivity index (χ3v) is 4.51. The normalized spacial score (nSPS) is 25.6. The second kappa shape index (κ2) is 7.21. The lowest BCUT2D eigenvalue weighted by molar-refractivity contribution is -0.0765. The van der Waals surface area contributed by atoms with E-state index in [1.165, 1.54) is 5.56 Å². The van der Waals surface area contributed by atoms with Crippen LogP contribution in [0.15, 0.2) is 30.3 Å². The molecule has 0 saturated carbocycles. The van der Waals surface area contributed by atoms with Gasteiger partial charge in [0.25, 0.3) is 0 Å². The quantitative estimate of drug-likeness (QED) is 0.839. The molecule has 1 heterocycles. The van der Waals surface area contributed by atoms with Crippen molar-refractivity contribution in [2.24, 2.45) is 11.7 Å². The topological polar surface area (TPSA) is 49.5 Å². The highest BCUT2D eigenvalue weighted by atomic mass is 16.3. The minimum absolute atomic E-state index is 0.228. The van der Waals surface area contributed by atoms with Crippen LogP contribution in [0.1, 0.15) is 38.2 Å². The van der Waals surface area contributed by atoms with E-state index in [0.29, 0.717) is 6.54 Å². The molecule has 1 aliphatic rings. The van der Waals surface area contributed by atoms with Crippen LogP contribution in [0.25, 0.3) is 0 Å². The summed E-state index contributed by atoms with van der Waals surface area (Å²) in [5, 5.41) is 11.0. The van der Waals surface area contributed by atoms with Crippen molar-refractivity contribution in [1.82, 2.24) is 4.90 Å². The monoisotopic (exact) mass is 276 g/mol. The number of likely N-dealkylation sites (tertiary alicyclic amines) is 1. The second-order valence-corrected chi connectivity index (χ2v) is 6.12. The molecule has 1 saturated heterocycles. The van der Waals surface area contributed by atoms with E-state index < -0.39 is 5.60 Å². The van der Waals surface area contributed by atoms with Gasteiger partial charge in [0.2, 0.25) is 0 Å². The zero-order chi connectivity index (χ0) is 14.4. The van der Waals surface area contributed by atoms with E-state index in [0.717, 1.165) is 45.3 Å². The summed E-state index contributed by atoms with van der Waals surface area (Å²) >= 11 is 0. The Morgan fingerprint density at radius 1 is 1.35 bits per heavy atom. The molecule has 0 aromatic heterocycles. The zero-order valence-corrected chi connectivity index (χ0v) is 12.6. The number of nitrogens with zero attached hydrogens (tertiary/aromatic N) is 1. The van der Waals surface area contributed by atoms with Gasteiger partial charge in [-0.15, -0.1) is 0 Å². The summed E-state index contributed by atoms with van der Waals surface area (Å²) < 4.78 is 0. The van der Waals surface area contributed by atoms with Crippen LogP contribution in [0.5, 0.6) is 0 Å². The van der Waals surface area contributed by atoms with Crippen molar-refractivity contribution in [2.75, 3.05) is 19.6 Å². The third-order valence-electron chi connectivity index (χ3n) is 4.51. The van der Waals surface area contributed by atoms with Crippen LogP contribution in [-0.2, 0) is 6.54 Å². The van der Waals surface area contributed by atoms with Gasteiger partial charge < -0.3 is 10.8 Å². The third kappa shape index (κ3) is 3.81. The molecular weight excluding hydrogens is 248 g/mol. The summed E-state index contributed by atoms with van der Waals surface area (Å²) in [6.07, 6.45) is 4.05. The van der Waals surface area contributed by atoms with Crippen molar-refractivity contribution in [1.29, 1.82) is 0 Å². The van der Waals surface area contributed by atoms with Crippen LogP contribution >= 0.6 is 0 Å². The number of β-amino-alcohol motifs (C(OH)–C–C–N with tert-alkyl or cyclic N) is 1. The molecule has 0 bridgehead atoms. The Balaban J connectivity index is 2.00. The highest BCUT2D eigenvalue weighted by Gasteiger charge is 2.39. The van der Waals surface area contributed by atoms with Gasteiger partial charge in [0.1, 0.15) is 0 Å². The molecule has 2 rings (SSSR count). The maximum Gasteiger partial charge on any atom is 0.0814 e. The minimum Gasteiger partial charge on any atom is -0.388 e. The Kier molecular flexibility index (Phi) is 5.58. The molecule has 1 aromatic rings. The molecule has 1 fully saturated rings. The number of rotatable bonds is 6. The van der Waals surface area contributed by atoms with Gasteiger partial charge in [-0.1, -0.05) is 43.7 Å². The molecule has 1 aromatic carbocycles. The fraction of sp³-hybridized carbons (Fsp3) is 0.647. The Morgan fingerprint density at radius 3 is 2.75 bits per heavy atom. The van der Waals surface area contributed by atoms with Gasteiger partial charge >= 0.3 is 0 Å². The van der Waals surface area contributed by atoms with Crippen molar-refractivity contribution in [3.8, 4) is 0 Å². The van der Waals surface area contributed by atoms with Crippen LogP contribution < -0.4 is 5.73 Å². The maximum absolute atomic E-state index is 11.0. The fourth-order valence-electron chi connectivity index (χ4n) is 3.42. The summed E-state index contributed by atoms with van der Waals surface area (Å²) in [5.74, 6) is 0.228. The van der Waals surface area contributed by atoms with E-state index >= 15 is 0 Å². The summed E-state index contributed by atoms with van der Waals surface area (Å²) in [4.78, 5) is 2.37. The molecule has 1 aliphatic heterocycles. The Hall–Kier alpha value is -0.900. The van der Waals surface area contributed by atoms with E-state index in [-0.39, 0.29) is 5.92 Å². The van der Waals surface area contributed by atoms with Crippen molar-refractivity contribution in [3.63, 3.8) is 0 Å². The molecule has 3 nitrogen and oxygen atoms in total. The lowest BCUT2D eigenvalue weighted by Gasteiger charge is -2.44. The summed E-state index contributed by atoms with van der Waals surface area (Å²) in [6, 6.07) is 10.5. The number of piperidine rings is 1. The first kappa shape index (κ1) is 15.5. The molecule has 20 heavy (non-hydrogen) atoms. The van der Waals surface area contributed by atoms with Crippen molar-refractivity contribution in [3.05, 3.63) is 35.9 Å². The lowest BCUT2D eigenvalue weighted by Crippen LogP contribution is -2.54. The van der Waals surface area contributed by atoms with E-state index in [1.54, 1.807) is 0 Å². The van der Waals surface area contributed by atoms with Crippen LogP contribution in [0.4, 0.5) is 0 Å². The molecule has 3 N–H and O–H groups in total. The van der Waals surface area contributed by atoms with E-state index in [4.69, 9.17) is 5.73 Å². The van der Waals surface area contributed by atoms with E-state index in [1.807, 2.05) is 6.07 Å². The molecule has 3 heteroatoms. The van der Waals surface area contributed by atoms with E-state index in [2.05, 4.69) is 36.1 Å². The van der Waals surface area contributed by atoms with Gasteiger partial charge in [-0.05, 0) is 37.9 Å². The standard InChI is InChI=1S/C17H28N2O/c1-2-7-16(12-18)17(20)10-6-11-19(14-17)13-15-8-4-3-5-9-15/h3-5,8-9,16,20H,2,6-7,10-14,18H2,1H3. The number of aliphatic hydroxyl groups is 1. The first-order valence-electron chi connectivity index (χ1n) is 7.86. The predicted molar refractivity (Wildman–Crippen MR) is 83.4 cm³/mol. The highest BCUT2D eigenvalue weighted by Crippen LogP contribution is 2.31. The van der Waals surface area contributed by atoms with Gasteiger partial charge in [-0.2, -0.15) is 0 Å². The summed E-state index contributed by atoms with van der Waals surface area (Å²) in [7, 11) is 0. The molecule has 0 spiro atoms. The SMILES string of the molecule is CCCC(CN)C1(O)CCCN(Cc2ccccc2)C1. The Labute approximate surface area is 122 Å². The number of nitrogens with two attached hydrogens (primary N) is 1. The smallest absolute Gasteiger partial charge is 0.0814 e. The molecule has 112 valence electrons. The Morgan fingerprint density at radius 2 is 2.10 bits per heavy atom. The van der Waals surface area contributed by atoms with Crippen molar-refractivity contribution < 1.29 is 5.11 Å². The van der Waals surface area contributed by atoms with Crippen molar-refractivity contribution >= 4 is 0 Å². The molecule has 0 amide bonds. The molecular formula is C17H28N2O.